The minimum Gasteiger partial charge on any atom is -0.508 e. The number of hydrogen-bond donors (Lipinski definition) is 16. The number of nitrogens with zero attached hydrogens (tertiary/aromatic N) is 1. The van der Waals surface area contributed by atoms with E-state index >= 15 is 14.4 Å². The predicted molar refractivity (Wildman–Crippen MR) is 305 cm³/mol. The summed E-state index contributed by atoms with van der Waals surface area (Å²) in [6.07, 6.45) is -13.9. The number of ether oxygens (including phenoxy) is 4. The lowest BCUT2D eigenvalue weighted by atomic mass is 9.89. The largest absolute Gasteiger partial charge is 0.508 e. The molecule has 6 aliphatic heterocycles. The van der Waals surface area contributed by atoms with Crippen LogP contribution in [0, 0.1) is 0 Å². The van der Waals surface area contributed by atoms with E-state index in [0.717, 1.165) is 54.6 Å². The van der Waals surface area contributed by atoms with Crippen molar-refractivity contribution in [1.82, 2.24) is 36.8 Å². The first-order valence-electron chi connectivity index (χ1n) is 27.2. The lowest BCUT2D eigenvalue weighted by Gasteiger charge is -2.42. The molecule has 0 saturated carbocycles. The Bertz CT molecular complexity index is 3670. The molecule has 0 spiro atoms. The van der Waals surface area contributed by atoms with Crippen molar-refractivity contribution in [2.24, 2.45) is 0 Å². The number of likely N-dealkylation sites (N-methyl/N-ethyl adjacent to an activating group) is 1. The molecule has 6 heterocycles. The van der Waals surface area contributed by atoms with Crippen LogP contribution in [0.3, 0.4) is 0 Å². The van der Waals surface area contributed by atoms with Gasteiger partial charge < -0.3 is 102 Å². The van der Waals surface area contributed by atoms with E-state index in [1.54, 1.807) is 25.9 Å². The summed E-state index contributed by atoms with van der Waals surface area (Å²) < 4.78 is 24.4. The number of fused-ring (bicyclic) bond motifs is 15. The number of aliphatic carboxylic acids is 2. The van der Waals surface area contributed by atoms with Crippen LogP contribution in [0.2, 0.25) is 10.0 Å². The molecule has 0 aromatic heterocycles. The molecule has 5 aromatic carbocycles. The summed E-state index contributed by atoms with van der Waals surface area (Å²) in [5, 5.41) is 124. The Kier molecular flexibility index (Phi) is 19.1. The second-order valence-corrected chi connectivity index (χ2v) is 22.3. The van der Waals surface area contributed by atoms with Crippen molar-refractivity contribution in [3.05, 3.63) is 117 Å². The van der Waals surface area contributed by atoms with Gasteiger partial charge in [-0.1, -0.05) is 41.4 Å². The number of phenols is 4. The summed E-state index contributed by atoms with van der Waals surface area (Å²) in [5.41, 5.74) is -2.25. The zero-order valence-electron chi connectivity index (χ0n) is 46.9. The number of benzene rings is 5. The third kappa shape index (κ3) is 13.7. The third-order valence-corrected chi connectivity index (χ3v) is 15.9. The van der Waals surface area contributed by atoms with Gasteiger partial charge in [0.25, 0.3) is 0 Å². The molecule has 11 bridgehead atoms. The van der Waals surface area contributed by atoms with E-state index in [1.807, 2.05) is 0 Å². The standard InChI is InChI=1S/C58H59Cl2N7O22/c1-21(67(2)3)51(78)62-32-13-22-4-9-35(29(59)12-22)86-37-16-25-17-38(46(37)74)87-36-10-6-24(15-30(36)60)50(89-58-49(77)48(76)47(75)39(20-68)88-58)45-56(83)65-44(57(84)85)28-18-26(69)19-34(71)41(28)27-14-23(5-8-33(27)70)42(54(81)66-45)64-55(82)43(25)63-52(79)31(61-53(32)80)7-11-40(72)73/h4-6,8-10,12,14-19,21,31-32,39,42-45,47-50,58,68-71,74-77H,7,11,13,20H2,1-3H3,(H,61,80)(H,62,78)(H,63,79)(H,64,82)(H,65,83)(H,66,81)(H,72,73)(H,84,85)/t21-,31-,32+,39+,42+,43+,44-,45-,47+,48-,49+,50+,58+/m0/s1. The summed E-state index contributed by atoms with van der Waals surface area (Å²) in [5.74, 6) is -15.3. The number of hydrogen-bond acceptors (Lipinski definition) is 21. The first kappa shape index (κ1) is 64.4. The molecule has 0 aliphatic carbocycles. The third-order valence-electron chi connectivity index (χ3n) is 15.3. The fraction of sp³-hybridized carbons (Fsp3) is 0.345. The molecule has 1 fully saturated rings. The summed E-state index contributed by atoms with van der Waals surface area (Å²) >= 11 is 13.8. The van der Waals surface area contributed by atoms with Gasteiger partial charge in [0.15, 0.2) is 23.8 Å². The maximum Gasteiger partial charge on any atom is 0.330 e. The number of carbonyl (C=O) groups excluding carboxylic acids is 6. The van der Waals surface area contributed by atoms with Crippen LogP contribution in [0.4, 0.5) is 0 Å². The molecule has 6 aliphatic rings. The van der Waals surface area contributed by atoms with E-state index in [-0.39, 0.29) is 39.6 Å². The van der Waals surface area contributed by atoms with Gasteiger partial charge in [0.05, 0.1) is 22.7 Å². The number of phenolic OH excluding ortho intramolecular Hbond substituents is 4. The normalized spacial score (nSPS) is 25.8. The first-order valence-corrected chi connectivity index (χ1v) is 28.0. The number of halogens is 2. The fourth-order valence-corrected chi connectivity index (χ4v) is 10.8. The number of carbonyl (C=O) groups is 8. The molecule has 1 saturated heterocycles. The van der Waals surface area contributed by atoms with Gasteiger partial charge in [-0.15, -0.1) is 0 Å². The van der Waals surface area contributed by atoms with Crippen LogP contribution >= 0.6 is 23.2 Å². The van der Waals surface area contributed by atoms with Crippen LogP contribution in [0.15, 0.2) is 78.9 Å². The topological polar surface area (TPSA) is 451 Å². The smallest absolute Gasteiger partial charge is 0.330 e. The summed E-state index contributed by atoms with van der Waals surface area (Å²) in [6.45, 7) is 0.562. The molecule has 0 radical (unpaired) electrons. The molecule has 5 aromatic rings. The quantitative estimate of drug-likeness (QED) is 0.0928. The summed E-state index contributed by atoms with van der Waals surface area (Å²) in [7, 11) is 3.21. The van der Waals surface area contributed by atoms with E-state index in [0.29, 0.717) is 5.56 Å². The Morgan fingerprint density at radius 3 is 1.94 bits per heavy atom. The molecule has 6 amide bonds. The summed E-state index contributed by atoms with van der Waals surface area (Å²) in [6, 6.07) is 1.08. The Morgan fingerprint density at radius 2 is 1.31 bits per heavy atom. The lowest BCUT2D eigenvalue weighted by Crippen LogP contribution is -2.61. The maximum absolute atomic E-state index is 15.7. The van der Waals surface area contributed by atoms with Gasteiger partial charge in [-0.25, -0.2) is 4.79 Å². The van der Waals surface area contributed by atoms with Crippen molar-refractivity contribution >= 4 is 70.6 Å². The van der Waals surface area contributed by atoms with Gasteiger partial charge >= 0.3 is 11.9 Å². The highest BCUT2D eigenvalue weighted by molar-refractivity contribution is 6.32. The van der Waals surface area contributed by atoms with Gasteiger partial charge in [-0.3, -0.25) is 38.5 Å². The van der Waals surface area contributed by atoms with Gasteiger partial charge in [-0.05, 0) is 104 Å². The minimum atomic E-state index is -2.35. The zero-order chi connectivity index (χ0) is 64.6. The van der Waals surface area contributed by atoms with E-state index in [4.69, 9.17) is 42.1 Å². The summed E-state index contributed by atoms with van der Waals surface area (Å²) in [4.78, 5) is 117. The number of aliphatic hydroxyl groups is 4. The molecule has 13 atom stereocenters. The number of carboxylic acid groups (broad SMARTS) is 2. The van der Waals surface area contributed by atoms with Crippen molar-refractivity contribution in [3.63, 3.8) is 0 Å². The van der Waals surface area contributed by atoms with Crippen molar-refractivity contribution in [1.29, 1.82) is 0 Å². The number of amides is 6. The van der Waals surface area contributed by atoms with Crippen molar-refractivity contribution in [2.45, 2.75) is 105 Å². The van der Waals surface area contributed by atoms with Gasteiger partial charge in [-0.2, -0.15) is 0 Å². The van der Waals surface area contributed by atoms with Crippen LogP contribution in [0.1, 0.15) is 71.8 Å². The molecule has 11 rings (SSSR count). The molecular formula is C58H59Cl2N7O22. The number of rotatable bonds is 10. The molecule has 29 nitrogen and oxygen atoms in total. The monoisotopic (exact) mass is 1280 g/mol. The molecule has 16 N–H and O–H groups in total. The van der Waals surface area contributed by atoms with Crippen LogP contribution in [-0.4, -0.2) is 179 Å². The Morgan fingerprint density at radius 1 is 0.685 bits per heavy atom. The molecule has 472 valence electrons. The molecule has 89 heavy (non-hydrogen) atoms. The number of aromatic hydroxyl groups is 4. The average Bonchev–Trinajstić information content (AvgIpc) is 3.01. The van der Waals surface area contributed by atoms with E-state index in [9.17, 15) is 75.0 Å². The Balaban J connectivity index is 1.29. The minimum absolute atomic E-state index is 0.135. The zero-order valence-corrected chi connectivity index (χ0v) is 48.4. The van der Waals surface area contributed by atoms with E-state index in [1.165, 1.54) is 24.3 Å². The highest BCUT2D eigenvalue weighted by Gasteiger charge is 2.48. The number of nitrogens with one attached hydrogen (secondary N) is 6. The average molecular weight is 1280 g/mol. The highest BCUT2D eigenvalue weighted by atomic mass is 35.5. The van der Waals surface area contributed by atoms with E-state index < -0.39 is 202 Å². The first-order chi connectivity index (χ1) is 42.1. The fourth-order valence-electron chi connectivity index (χ4n) is 10.3. The predicted octanol–water partition coefficient (Wildman–Crippen LogP) is 1.03. The molecule has 0 unspecified atom stereocenters. The van der Waals surface area contributed by atoms with Gasteiger partial charge in [0.1, 0.15) is 89.5 Å². The highest BCUT2D eigenvalue weighted by Crippen LogP contribution is 2.48. The maximum atomic E-state index is 15.7. The SMILES string of the molecule is C[C@@H](C(=O)N[C@@H]1Cc2ccc(c(Cl)c2)Oc2cc3cc(c2O)Oc2ccc(cc2Cl)[C@@H](O[C@H]2O[C@H](CO)[C@@H](O)[C@H](O)[C@H]2O)[C@@H]2NC(=O)[C@H](NC(=O)[C@@H]3NC(=O)[C@H](CCC(=O)O)NC1=O)c1ccc(O)c(c1)-c1c(O)cc(O)cc1[C@@H](C(=O)O)NC2=O)N(C)C. The van der Waals surface area contributed by atoms with Crippen molar-refractivity contribution in [2.75, 3.05) is 20.7 Å². The second-order valence-electron chi connectivity index (χ2n) is 21.5. The lowest BCUT2D eigenvalue weighted by molar-refractivity contribution is -0.313. The molecular weight excluding hydrogens is 1220 g/mol. The van der Waals surface area contributed by atoms with Crippen molar-refractivity contribution < 1.29 is 108 Å². The Labute approximate surface area is 513 Å². The Hall–Kier alpha value is -9.04. The number of carboxylic acids is 2. The van der Waals surface area contributed by atoms with Crippen molar-refractivity contribution in [3.8, 4) is 57.1 Å². The molecule has 31 heteroatoms. The van der Waals surface area contributed by atoms with Crippen LogP contribution < -0.4 is 41.4 Å². The van der Waals surface area contributed by atoms with Gasteiger partial charge in [0.2, 0.25) is 41.2 Å². The van der Waals surface area contributed by atoms with Crippen LogP contribution in [-0.2, 0) is 54.3 Å². The second kappa shape index (κ2) is 26.3. The van der Waals surface area contributed by atoms with Gasteiger partial charge in [0, 0.05) is 35.6 Å². The number of aliphatic hydroxyl groups excluding tert-OH is 4. The van der Waals surface area contributed by atoms with E-state index in [2.05, 4.69) is 31.9 Å². The van der Waals surface area contributed by atoms with Crippen LogP contribution in [0.25, 0.3) is 11.1 Å². The van der Waals surface area contributed by atoms with Crippen LogP contribution in [0.5, 0.6) is 46.0 Å².